The summed E-state index contributed by atoms with van der Waals surface area (Å²) >= 11 is 0. The Morgan fingerprint density at radius 1 is 1.04 bits per heavy atom. The number of carbonyl (C=O) groups excluding carboxylic acids is 3. The van der Waals surface area contributed by atoms with Gasteiger partial charge >= 0.3 is 6.03 Å². The number of nitrogens with one attached hydrogen (secondary N) is 2. The summed E-state index contributed by atoms with van der Waals surface area (Å²) in [4.78, 5) is 44.4. The molecule has 10 nitrogen and oxygen atoms in total. The zero-order chi connectivity index (χ0) is 18.1. The molecule has 0 bridgehead atoms. The van der Waals surface area contributed by atoms with Crippen LogP contribution < -0.4 is 15.7 Å². The van der Waals surface area contributed by atoms with Crippen molar-refractivity contribution in [3.63, 3.8) is 0 Å². The van der Waals surface area contributed by atoms with Crippen LogP contribution in [0.15, 0.2) is 40.3 Å². The van der Waals surface area contributed by atoms with E-state index in [4.69, 9.17) is 4.42 Å². The molecular weight excluding hydrogens is 334 g/mol. The topological polar surface area (TPSA) is 155 Å². The highest BCUT2D eigenvalue weighted by Gasteiger charge is 2.28. The molecule has 0 unspecified atom stereocenters. The maximum absolute atomic E-state index is 11.9. The van der Waals surface area contributed by atoms with E-state index in [0.717, 1.165) is 24.3 Å². The maximum Gasteiger partial charge on any atom is 0.328 e. The van der Waals surface area contributed by atoms with Crippen LogP contribution in [0.4, 0.5) is 10.5 Å². The fourth-order valence-electron chi connectivity index (χ4n) is 2.15. The number of amides is 4. The summed E-state index contributed by atoms with van der Waals surface area (Å²) in [6, 6.07) is 5.00. The molecule has 1 aromatic carbocycles. The first-order chi connectivity index (χ1) is 11.8. The number of barbiturate groups is 1. The van der Waals surface area contributed by atoms with Gasteiger partial charge in [-0.1, -0.05) is 11.8 Å². The van der Waals surface area contributed by atoms with Crippen LogP contribution in [0, 0.1) is 10.1 Å². The molecule has 2 heterocycles. The van der Waals surface area contributed by atoms with Gasteiger partial charge in [0.15, 0.2) is 0 Å². The van der Waals surface area contributed by atoms with Gasteiger partial charge < -0.3 is 9.52 Å². The van der Waals surface area contributed by atoms with Gasteiger partial charge in [0.05, 0.1) is 4.92 Å². The van der Waals surface area contributed by atoms with Crippen LogP contribution in [0.3, 0.4) is 0 Å². The van der Waals surface area contributed by atoms with Crippen molar-refractivity contribution < 1.29 is 28.8 Å². The highest BCUT2D eigenvalue weighted by Crippen LogP contribution is 2.32. The smallest absolute Gasteiger partial charge is 0.328 e. The summed E-state index contributed by atoms with van der Waals surface area (Å²) < 4.78 is 5.37. The van der Waals surface area contributed by atoms with Gasteiger partial charge in [-0.05, 0) is 18.2 Å². The molecule has 4 amide bonds. The van der Waals surface area contributed by atoms with Crippen LogP contribution in [0.2, 0.25) is 0 Å². The molecule has 10 heteroatoms. The second-order valence-electron chi connectivity index (χ2n) is 4.93. The van der Waals surface area contributed by atoms with E-state index in [1.54, 1.807) is 0 Å². The molecule has 0 aliphatic carbocycles. The standard InChI is InChI=1S/C15H9N3O7/c19-11-3-1-7(18(23)24)5-9(11)12-4-2-8(25-12)6-10-13(20)16-15(22)17-14(10)21/h1-6,19H,(H2,16,17,20,21,22)/p-1. The maximum atomic E-state index is 11.9. The van der Waals surface area contributed by atoms with Gasteiger partial charge in [0.1, 0.15) is 17.1 Å². The second kappa shape index (κ2) is 5.92. The van der Waals surface area contributed by atoms with Crippen molar-refractivity contribution in [3.8, 4) is 17.1 Å². The minimum absolute atomic E-state index is 0.0354. The van der Waals surface area contributed by atoms with Crippen LogP contribution in [0.1, 0.15) is 5.76 Å². The Kier molecular flexibility index (Phi) is 3.77. The number of benzene rings is 1. The third-order valence-electron chi connectivity index (χ3n) is 3.30. The molecule has 1 aliphatic rings. The number of imide groups is 2. The first-order valence-electron chi connectivity index (χ1n) is 6.79. The Labute approximate surface area is 138 Å². The molecule has 0 atom stereocenters. The average molecular weight is 342 g/mol. The number of nitro benzene ring substituents is 1. The van der Waals surface area contributed by atoms with Gasteiger partial charge in [-0.2, -0.15) is 0 Å². The monoisotopic (exact) mass is 342 g/mol. The summed E-state index contributed by atoms with van der Waals surface area (Å²) in [7, 11) is 0. The van der Waals surface area contributed by atoms with E-state index in [1.807, 2.05) is 10.6 Å². The highest BCUT2D eigenvalue weighted by atomic mass is 16.6. The Balaban J connectivity index is 1.96. The third kappa shape index (κ3) is 3.08. The van der Waals surface area contributed by atoms with Gasteiger partial charge in [0, 0.05) is 17.7 Å². The molecule has 1 aliphatic heterocycles. The summed E-state index contributed by atoms with van der Waals surface area (Å²) in [5.74, 6) is -2.19. The molecule has 126 valence electrons. The Hall–Kier alpha value is -3.95. The van der Waals surface area contributed by atoms with E-state index in [1.165, 1.54) is 12.1 Å². The Bertz CT molecular complexity index is 936. The third-order valence-corrected chi connectivity index (χ3v) is 3.30. The lowest BCUT2D eigenvalue weighted by Crippen LogP contribution is -2.51. The molecule has 0 saturated carbocycles. The average Bonchev–Trinajstić information content (AvgIpc) is 2.99. The van der Waals surface area contributed by atoms with Gasteiger partial charge in [0.2, 0.25) is 0 Å². The van der Waals surface area contributed by atoms with Crippen molar-refractivity contribution in [1.29, 1.82) is 0 Å². The summed E-state index contributed by atoms with van der Waals surface area (Å²) in [5, 5.41) is 26.5. The summed E-state index contributed by atoms with van der Waals surface area (Å²) in [5.41, 5.74) is -0.677. The van der Waals surface area contributed by atoms with Crippen LogP contribution in [-0.4, -0.2) is 22.8 Å². The number of furan rings is 1. The molecule has 1 fully saturated rings. The predicted molar refractivity (Wildman–Crippen MR) is 79.9 cm³/mol. The Morgan fingerprint density at radius 3 is 2.36 bits per heavy atom. The van der Waals surface area contributed by atoms with Crippen molar-refractivity contribution in [2.75, 3.05) is 0 Å². The predicted octanol–water partition coefficient (Wildman–Crippen LogP) is 0.678. The number of carbonyl (C=O) groups is 3. The molecule has 1 aromatic heterocycles. The van der Waals surface area contributed by atoms with Gasteiger partial charge in [-0.15, -0.1) is 0 Å². The summed E-state index contributed by atoms with van der Waals surface area (Å²) in [6.45, 7) is 0. The van der Waals surface area contributed by atoms with Gasteiger partial charge in [0.25, 0.3) is 17.5 Å². The van der Waals surface area contributed by atoms with Gasteiger partial charge in [-0.3, -0.25) is 30.3 Å². The zero-order valence-electron chi connectivity index (χ0n) is 12.3. The normalized spacial score (nSPS) is 14.1. The number of non-ortho nitro benzene ring substituents is 1. The summed E-state index contributed by atoms with van der Waals surface area (Å²) in [6.07, 6.45) is 1.09. The number of nitrogens with zero attached hydrogens (tertiary/aromatic N) is 1. The van der Waals surface area contributed by atoms with E-state index in [0.29, 0.717) is 0 Å². The second-order valence-corrected chi connectivity index (χ2v) is 4.93. The van der Waals surface area contributed by atoms with Crippen molar-refractivity contribution in [3.05, 3.63) is 51.8 Å². The van der Waals surface area contributed by atoms with Crippen molar-refractivity contribution in [2.24, 2.45) is 0 Å². The molecule has 3 rings (SSSR count). The van der Waals surface area contributed by atoms with E-state index < -0.39 is 28.5 Å². The SMILES string of the molecule is O=C1NC(=O)C(=Cc2ccc(-c3cc([N+](=O)[O-])ccc3[O-])o2)C(=O)N1. The Morgan fingerprint density at radius 2 is 1.72 bits per heavy atom. The number of hydrogen-bond acceptors (Lipinski definition) is 7. The lowest BCUT2D eigenvalue weighted by Gasteiger charge is -2.13. The van der Waals surface area contributed by atoms with Gasteiger partial charge in [-0.25, -0.2) is 4.79 Å². The molecule has 2 aromatic rings. The largest absolute Gasteiger partial charge is 0.872 e. The lowest BCUT2D eigenvalue weighted by atomic mass is 10.1. The fourth-order valence-corrected chi connectivity index (χ4v) is 2.15. The van der Waals surface area contributed by atoms with Crippen LogP contribution in [0.25, 0.3) is 17.4 Å². The van der Waals surface area contributed by atoms with Crippen LogP contribution >= 0.6 is 0 Å². The van der Waals surface area contributed by atoms with Crippen LogP contribution in [-0.2, 0) is 9.59 Å². The highest BCUT2D eigenvalue weighted by molar-refractivity contribution is 6.31. The number of nitro groups is 1. The van der Waals surface area contributed by atoms with E-state index in [2.05, 4.69) is 0 Å². The fraction of sp³-hybridized carbons (Fsp3) is 0. The molecular formula is C15H8N3O7-. The number of rotatable bonds is 3. The lowest BCUT2D eigenvalue weighted by molar-refractivity contribution is -0.385. The van der Waals surface area contributed by atoms with Crippen LogP contribution in [0.5, 0.6) is 5.75 Å². The first kappa shape index (κ1) is 15.9. The van der Waals surface area contributed by atoms with E-state index in [9.17, 15) is 29.6 Å². The van der Waals surface area contributed by atoms with Crippen molar-refractivity contribution in [2.45, 2.75) is 0 Å². The molecule has 0 radical (unpaired) electrons. The quantitative estimate of drug-likeness (QED) is 0.359. The number of hydrogen-bond donors (Lipinski definition) is 2. The molecule has 2 N–H and O–H groups in total. The van der Waals surface area contributed by atoms with Crippen molar-refractivity contribution >= 4 is 29.6 Å². The van der Waals surface area contributed by atoms with E-state index >= 15 is 0 Å². The molecule has 25 heavy (non-hydrogen) atoms. The number of urea groups is 1. The molecule has 1 saturated heterocycles. The zero-order valence-corrected chi connectivity index (χ0v) is 12.3. The van der Waals surface area contributed by atoms with E-state index in [-0.39, 0.29) is 28.3 Å². The molecule has 0 spiro atoms. The minimum Gasteiger partial charge on any atom is -0.872 e. The minimum atomic E-state index is -0.931. The van der Waals surface area contributed by atoms with Crippen molar-refractivity contribution in [1.82, 2.24) is 10.6 Å². The first-order valence-corrected chi connectivity index (χ1v) is 6.79.